The van der Waals surface area contributed by atoms with E-state index in [0.717, 1.165) is 25.0 Å². The molecule has 1 saturated heterocycles. The molecule has 3 heterocycles. The zero-order valence-corrected chi connectivity index (χ0v) is 21.0. The number of aromatic nitrogens is 2. The molecule has 1 fully saturated rings. The van der Waals surface area contributed by atoms with Crippen molar-refractivity contribution in [2.45, 2.75) is 43.7 Å². The molecule has 0 saturated carbocycles. The summed E-state index contributed by atoms with van der Waals surface area (Å²) in [5, 5.41) is 10.5. The SMILES string of the molecule is CC1(C)CC(CCCNC(=O)O)CN1c1nc(Br)ccc1C(=O)NS(=O)(=O)c1cccc(F)n1. The van der Waals surface area contributed by atoms with Gasteiger partial charge in [-0.3, -0.25) is 4.79 Å². The fraction of sp³-hybridized carbons (Fsp3) is 0.429. The monoisotopic (exact) mass is 557 g/mol. The molecule has 0 aromatic carbocycles. The van der Waals surface area contributed by atoms with Gasteiger partial charge in [0.1, 0.15) is 10.4 Å². The Morgan fingerprint density at radius 3 is 2.68 bits per heavy atom. The van der Waals surface area contributed by atoms with Crippen LogP contribution in [0, 0.1) is 11.9 Å². The van der Waals surface area contributed by atoms with Crippen LogP contribution in [0.3, 0.4) is 0 Å². The molecule has 0 bridgehead atoms. The van der Waals surface area contributed by atoms with Gasteiger partial charge in [0.2, 0.25) is 5.95 Å². The van der Waals surface area contributed by atoms with Crippen molar-refractivity contribution < 1.29 is 27.5 Å². The van der Waals surface area contributed by atoms with Gasteiger partial charge in [-0.05, 0) is 79.2 Å². The molecular formula is C21H25BrFN5O5S. The van der Waals surface area contributed by atoms with Gasteiger partial charge < -0.3 is 15.3 Å². The number of amides is 2. The second-order valence-electron chi connectivity index (χ2n) is 8.61. The van der Waals surface area contributed by atoms with Crippen LogP contribution >= 0.6 is 15.9 Å². The molecule has 2 aromatic heterocycles. The van der Waals surface area contributed by atoms with Gasteiger partial charge in [-0.15, -0.1) is 0 Å². The summed E-state index contributed by atoms with van der Waals surface area (Å²) >= 11 is 3.31. The number of anilines is 1. The second-order valence-corrected chi connectivity index (χ2v) is 11.0. The van der Waals surface area contributed by atoms with Crippen LogP contribution in [0.4, 0.5) is 15.0 Å². The standard InChI is InChI=1S/C21H25BrFN5O5S/c1-21(2)11-13(5-4-10-24-20(30)31)12-28(21)18-14(8-9-15(22)25-18)19(29)27-34(32,33)17-7-3-6-16(23)26-17/h3,6-9,13,24H,4-5,10-12H2,1-2H3,(H,27,29)(H,30,31). The third kappa shape index (κ3) is 6.20. The van der Waals surface area contributed by atoms with Gasteiger partial charge >= 0.3 is 6.09 Å². The number of hydrogen-bond acceptors (Lipinski definition) is 7. The molecule has 3 N–H and O–H groups in total. The molecule has 184 valence electrons. The van der Waals surface area contributed by atoms with E-state index < -0.39 is 38.5 Å². The molecule has 1 unspecified atom stereocenters. The number of nitrogens with zero attached hydrogens (tertiary/aromatic N) is 3. The van der Waals surface area contributed by atoms with E-state index in [9.17, 15) is 22.4 Å². The third-order valence-electron chi connectivity index (χ3n) is 5.56. The van der Waals surface area contributed by atoms with E-state index in [1.165, 1.54) is 18.2 Å². The van der Waals surface area contributed by atoms with Crippen molar-refractivity contribution in [3.05, 3.63) is 46.4 Å². The predicted octanol–water partition coefficient (Wildman–Crippen LogP) is 3.15. The molecule has 2 amide bonds. The van der Waals surface area contributed by atoms with E-state index >= 15 is 0 Å². The first kappa shape index (κ1) is 25.8. The summed E-state index contributed by atoms with van der Waals surface area (Å²) in [7, 11) is -4.41. The molecule has 1 aliphatic rings. The number of halogens is 2. The lowest BCUT2D eigenvalue weighted by molar-refractivity contribution is 0.0981. The number of sulfonamides is 1. The molecule has 1 atom stereocenters. The fourth-order valence-corrected chi connectivity index (χ4v) is 5.34. The molecule has 34 heavy (non-hydrogen) atoms. The number of carbonyl (C=O) groups excluding carboxylic acids is 1. The molecular weight excluding hydrogens is 533 g/mol. The Hall–Kier alpha value is -2.80. The first-order valence-electron chi connectivity index (χ1n) is 10.5. The van der Waals surface area contributed by atoms with Crippen LogP contribution in [0.5, 0.6) is 0 Å². The predicted molar refractivity (Wildman–Crippen MR) is 126 cm³/mol. The van der Waals surface area contributed by atoms with E-state index in [4.69, 9.17) is 5.11 Å². The van der Waals surface area contributed by atoms with Gasteiger partial charge in [0.25, 0.3) is 15.9 Å². The Morgan fingerprint density at radius 1 is 1.26 bits per heavy atom. The topological polar surface area (TPSA) is 142 Å². The van der Waals surface area contributed by atoms with Crippen LogP contribution in [0.1, 0.15) is 43.5 Å². The zero-order valence-electron chi connectivity index (χ0n) is 18.6. The zero-order chi connectivity index (χ0) is 25.1. The van der Waals surface area contributed by atoms with Crippen LogP contribution in [-0.2, 0) is 10.0 Å². The van der Waals surface area contributed by atoms with Crippen molar-refractivity contribution in [3.8, 4) is 0 Å². The number of rotatable bonds is 8. The highest BCUT2D eigenvalue weighted by Crippen LogP contribution is 2.39. The Labute approximate surface area is 205 Å². The molecule has 13 heteroatoms. The van der Waals surface area contributed by atoms with Crippen molar-refractivity contribution in [2.75, 3.05) is 18.0 Å². The lowest BCUT2D eigenvalue weighted by Crippen LogP contribution is -2.41. The summed E-state index contributed by atoms with van der Waals surface area (Å²) in [5.74, 6) is -1.36. The van der Waals surface area contributed by atoms with E-state index in [1.54, 1.807) is 0 Å². The van der Waals surface area contributed by atoms with Crippen molar-refractivity contribution in [1.29, 1.82) is 0 Å². The quantitative estimate of drug-likeness (QED) is 0.332. The maximum Gasteiger partial charge on any atom is 0.404 e. The summed E-state index contributed by atoms with van der Waals surface area (Å²) < 4.78 is 41.0. The molecule has 1 aliphatic heterocycles. The lowest BCUT2D eigenvalue weighted by Gasteiger charge is -2.33. The number of pyridine rings is 2. The minimum absolute atomic E-state index is 0.0458. The Balaban J connectivity index is 1.83. The fourth-order valence-electron chi connectivity index (χ4n) is 4.12. The highest BCUT2D eigenvalue weighted by atomic mass is 79.9. The van der Waals surface area contributed by atoms with Gasteiger partial charge in [0.05, 0.1) is 5.56 Å². The van der Waals surface area contributed by atoms with E-state index in [-0.39, 0.29) is 11.5 Å². The molecule has 10 nitrogen and oxygen atoms in total. The maximum atomic E-state index is 13.4. The van der Waals surface area contributed by atoms with Crippen LogP contribution in [0.25, 0.3) is 0 Å². The van der Waals surface area contributed by atoms with Crippen molar-refractivity contribution in [1.82, 2.24) is 20.0 Å². The highest BCUT2D eigenvalue weighted by molar-refractivity contribution is 9.10. The molecule has 0 radical (unpaired) electrons. The average molecular weight is 558 g/mol. The number of nitrogens with one attached hydrogen (secondary N) is 2. The lowest BCUT2D eigenvalue weighted by atomic mass is 9.93. The van der Waals surface area contributed by atoms with Gasteiger partial charge in [0.15, 0.2) is 5.03 Å². The maximum absolute atomic E-state index is 13.4. The number of carboxylic acid groups (broad SMARTS) is 1. The van der Waals surface area contributed by atoms with Crippen molar-refractivity contribution >= 4 is 43.8 Å². The van der Waals surface area contributed by atoms with Gasteiger partial charge in [-0.1, -0.05) is 6.07 Å². The Bertz CT molecular complexity index is 1190. The van der Waals surface area contributed by atoms with E-state index in [1.807, 2.05) is 23.5 Å². The van der Waals surface area contributed by atoms with Crippen molar-refractivity contribution in [2.24, 2.45) is 5.92 Å². The minimum atomic E-state index is -4.41. The van der Waals surface area contributed by atoms with Gasteiger partial charge in [0, 0.05) is 18.6 Å². The van der Waals surface area contributed by atoms with Crippen LogP contribution in [-0.4, -0.2) is 54.1 Å². The Kier molecular flexibility index (Phi) is 7.76. The summed E-state index contributed by atoms with van der Waals surface area (Å²) in [6.07, 6.45) is 1.15. The molecule has 3 rings (SSSR count). The van der Waals surface area contributed by atoms with Gasteiger partial charge in [-0.2, -0.15) is 12.8 Å². The smallest absolute Gasteiger partial charge is 0.404 e. The minimum Gasteiger partial charge on any atom is -0.465 e. The summed E-state index contributed by atoms with van der Waals surface area (Å²) in [5.41, 5.74) is -0.346. The summed E-state index contributed by atoms with van der Waals surface area (Å²) in [4.78, 5) is 33.4. The van der Waals surface area contributed by atoms with Crippen LogP contribution in [0.15, 0.2) is 40.0 Å². The Morgan fingerprint density at radius 2 is 2.00 bits per heavy atom. The highest BCUT2D eigenvalue weighted by Gasteiger charge is 2.40. The van der Waals surface area contributed by atoms with Crippen molar-refractivity contribution in [3.63, 3.8) is 0 Å². The van der Waals surface area contributed by atoms with E-state index in [0.29, 0.717) is 29.9 Å². The first-order valence-corrected chi connectivity index (χ1v) is 12.8. The second kappa shape index (κ2) is 10.2. The molecule has 0 aliphatic carbocycles. The van der Waals surface area contributed by atoms with Gasteiger partial charge in [-0.25, -0.2) is 19.5 Å². The van der Waals surface area contributed by atoms with E-state index in [2.05, 4.69) is 31.2 Å². The number of hydrogen-bond donors (Lipinski definition) is 3. The third-order valence-corrected chi connectivity index (χ3v) is 7.23. The summed E-state index contributed by atoms with van der Waals surface area (Å²) in [6.45, 7) is 4.91. The van der Waals surface area contributed by atoms with Crippen LogP contribution in [0.2, 0.25) is 0 Å². The van der Waals surface area contributed by atoms with Crippen LogP contribution < -0.4 is 14.9 Å². The normalized spacial score (nSPS) is 17.4. The first-order chi connectivity index (χ1) is 15.9. The largest absolute Gasteiger partial charge is 0.465 e. The summed E-state index contributed by atoms with van der Waals surface area (Å²) in [6, 6.07) is 6.28. The average Bonchev–Trinajstić information content (AvgIpc) is 3.04. The number of carbonyl (C=O) groups is 2. The molecule has 0 spiro atoms. The molecule has 2 aromatic rings.